The van der Waals surface area contributed by atoms with Crippen molar-refractivity contribution in [1.82, 2.24) is 10.5 Å². The number of amides is 1. The van der Waals surface area contributed by atoms with E-state index in [0.29, 0.717) is 13.0 Å². The van der Waals surface area contributed by atoms with Crippen LogP contribution in [-0.4, -0.2) is 28.8 Å². The first-order valence-corrected chi connectivity index (χ1v) is 4.99. The van der Waals surface area contributed by atoms with Crippen molar-refractivity contribution >= 4 is 5.91 Å². The quantitative estimate of drug-likeness (QED) is 0.710. The second-order valence-corrected chi connectivity index (χ2v) is 3.59. The Hall–Kier alpha value is -1.36. The summed E-state index contributed by atoms with van der Waals surface area (Å²) in [5.41, 5.74) is 0.725. The first-order valence-electron chi connectivity index (χ1n) is 4.99. The highest BCUT2D eigenvalue weighted by molar-refractivity contribution is 5.92. The highest BCUT2D eigenvalue weighted by atomic mass is 16.5. The van der Waals surface area contributed by atoms with Crippen LogP contribution in [0.1, 0.15) is 35.9 Å². The molecule has 0 spiro atoms. The summed E-state index contributed by atoms with van der Waals surface area (Å²) in [5, 5.41) is 15.2. The number of aliphatic hydroxyl groups excluding tert-OH is 1. The van der Waals surface area contributed by atoms with Crippen molar-refractivity contribution in [2.45, 2.75) is 32.8 Å². The lowest BCUT2D eigenvalue weighted by molar-refractivity contribution is 0.0912. The molecule has 2 N–H and O–H groups in total. The molecule has 1 amide bonds. The molecule has 0 aliphatic heterocycles. The van der Waals surface area contributed by atoms with E-state index in [1.54, 1.807) is 13.8 Å². The first-order chi connectivity index (χ1) is 7.11. The minimum atomic E-state index is -0.325. The standard InChI is InChI=1S/C10H16N2O3/c1-7-6-12-15-9(7)10(14)11-5-3-4-8(2)13/h6,8,13H,3-5H2,1-2H3,(H,11,14). The lowest BCUT2D eigenvalue weighted by atomic mass is 10.2. The number of rotatable bonds is 5. The van der Waals surface area contributed by atoms with E-state index < -0.39 is 0 Å². The lowest BCUT2D eigenvalue weighted by Gasteiger charge is -2.04. The molecule has 0 aliphatic carbocycles. The molecule has 1 aromatic rings. The molecular formula is C10H16N2O3. The molecule has 0 aliphatic rings. The van der Waals surface area contributed by atoms with Gasteiger partial charge in [-0.05, 0) is 26.7 Å². The number of aryl methyl sites for hydroxylation is 1. The van der Waals surface area contributed by atoms with Crippen molar-refractivity contribution in [3.8, 4) is 0 Å². The second-order valence-electron chi connectivity index (χ2n) is 3.59. The Kier molecular flexibility index (Phi) is 4.30. The van der Waals surface area contributed by atoms with Gasteiger partial charge in [-0.15, -0.1) is 0 Å². The number of nitrogens with zero attached hydrogens (tertiary/aromatic N) is 1. The van der Waals surface area contributed by atoms with Crippen molar-refractivity contribution < 1.29 is 14.4 Å². The van der Waals surface area contributed by atoms with Gasteiger partial charge in [0, 0.05) is 12.1 Å². The van der Waals surface area contributed by atoms with Gasteiger partial charge >= 0.3 is 0 Å². The Morgan fingerprint density at radius 2 is 2.47 bits per heavy atom. The maximum absolute atomic E-state index is 11.5. The highest BCUT2D eigenvalue weighted by Crippen LogP contribution is 2.05. The lowest BCUT2D eigenvalue weighted by Crippen LogP contribution is -2.25. The van der Waals surface area contributed by atoms with Crippen LogP contribution in [0.5, 0.6) is 0 Å². The topological polar surface area (TPSA) is 75.4 Å². The summed E-state index contributed by atoms with van der Waals surface area (Å²) in [5.74, 6) is 0.00244. The average molecular weight is 212 g/mol. The molecule has 1 unspecified atom stereocenters. The van der Waals surface area contributed by atoms with E-state index in [1.807, 2.05) is 0 Å². The van der Waals surface area contributed by atoms with Crippen LogP contribution in [0.3, 0.4) is 0 Å². The Bertz CT molecular complexity index is 320. The number of hydrogen-bond acceptors (Lipinski definition) is 4. The maximum Gasteiger partial charge on any atom is 0.290 e. The third-order valence-electron chi connectivity index (χ3n) is 2.04. The normalized spacial score (nSPS) is 12.5. The summed E-state index contributed by atoms with van der Waals surface area (Å²) in [6.45, 7) is 4.02. The van der Waals surface area contributed by atoms with Gasteiger partial charge in [0.05, 0.1) is 12.3 Å². The van der Waals surface area contributed by atoms with Crippen LogP contribution in [-0.2, 0) is 0 Å². The molecule has 0 radical (unpaired) electrons. The Morgan fingerprint density at radius 1 is 1.73 bits per heavy atom. The van der Waals surface area contributed by atoms with Crippen molar-refractivity contribution in [3.05, 3.63) is 17.5 Å². The summed E-state index contributed by atoms with van der Waals surface area (Å²) >= 11 is 0. The molecule has 0 saturated carbocycles. The molecule has 1 rings (SSSR count). The first kappa shape index (κ1) is 11.7. The molecule has 15 heavy (non-hydrogen) atoms. The van der Waals surface area contributed by atoms with Gasteiger partial charge in [-0.2, -0.15) is 0 Å². The highest BCUT2D eigenvalue weighted by Gasteiger charge is 2.12. The van der Waals surface area contributed by atoms with E-state index in [0.717, 1.165) is 12.0 Å². The Morgan fingerprint density at radius 3 is 3.00 bits per heavy atom. The summed E-state index contributed by atoms with van der Waals surface area (Å²) in [6, 6.07) is 0. The third-order valence-corrected chi connectivity index (χ3v) is 2.04. The minimum absolute atomic E-state index is 0.254. The van der Waals surface area contributed by atoms with Crippen molar-refractivity contribution in [3.63, 3.8) is 0 Å². The molecule has 1 aromatic heterocycles. The van der Waals surface area contributed by atoms with E-state index in [1.165, 1.54) is 6.20 Å². The van der Waals surface area contributed by atoms with E-state index >= 15 is 0 Å². The zero-order valence-electron chi connectivity index (χ0n) is 8.99. The number of hydrogen-bond donors (Lipinski definition) is 2. The fraction of sp³-hybridized carbons (Fsp3) is 0.600. The van der Waals surface area contributed by atoms with Crippen LogP contribution < -0.4 is 5.32 Å². The predicted molar refractivity (Wildman–Crippen MR) is 54.5 cm³/mol. The van der Waals surface area contributed by atoms with Crippen LogP contribution in [0, 0.1) is 6.92 Å². The Balaban J connectivity index is 2.28. The second kappa shape index (κ2) is 5.50. The molecule has 84 valence electrons. The molecule has 1 heterocycles. The zero-order valence-corrected chi connectivity index (χ0v) is 8.99. The van der Waals surface area contributed by atoms with Crippen molar-refractivity contribution in [1.29, 1.82) is 0 Å². The van der Waals surface area contributed by atoms with Gasteiger partial charge in [-0.1, -0.05) is 5.16 Å². The van der Waals surface area contributed by atoms with E-state index in [4.69, 9.17) is 9.63 Å². The van der Waals surface area contributed by atoms with Gasteiger partial charge in [0.2, 0.25) is 5.76 Å². The van der Waals surface area contributed by atoms with Crippen LogP contribution in [0.4, 0.5) is 0 Å². The number of carbonyl (C=O) groups excluding carboxylic acids is 1. The summed E-state index contributed by atoms with van der Waals surface area (Å²) in [7, 11) is 0. The molecule has 0 bridgehead atoms. The van der Waals surface area contributed by atoms with E-state index in [-0.39, 0.29) is 17.8 Å². The summed E-state index contributed by atoms with van der Waals surface area (Å²) in [6.07, 6.45) is 2.60. The fourth-order valence-corrected chi connectivity index (χ4v) is 1.19. The number of carbonyl (C=O) groups is 1. The molecular weight excluding hydrogens is 196 g/mol. The van der Waals surface area contributed by atoms with Gasteiger partial charge in [0.25, 0.3) is 5.91 Å². The average Bonchev–Trinajstić information content (AvgIpc) is 2.58. The minimum Gasteiger partial charge on any atom is -0.393 e. The van der Waals surface area contributed by atoms with E-state index in [2.05, 4.69) is 10.5 Å². The molecule has 0 saturated heterocycles. The van der Waals surface area contributed by atoms with Gasteiger partial charge in [0.15, 0.2) is 0 Å². The molecule has 0 aromatic carbocycles. The van der Waals surface area contributed by atoms with Gasteiger partial charge in [-0.3, -0.25) is 4.79 Å². The maximum atomic E-state index is 11.5. The van der Waals surface area contributed by atoms with Crippen LogP contribution in [0.25, 0.3) is 0 Å². The SMILES string of the molecule is Cc1cnoc1C(=O)NCCCC(C)O. The van der Waals surface area contributed by atoms with E-state index in [9.17, 15) is 4.79 Å². The summed E-state index contributed by atoms with van der Waals surface area (Å²) < 4.78 is 4.79. The van der Waals surface area contributed by atoms with Gasteiger partial charge in [-0.25, -0.2) is 0 Å². The van der Waals surface area contributed by atoms with Crippen LogP contribution >= 0.6 is 0 Å². The molecule has 5 nitrogen and oxygen atoms in total. The van der Waals surface area contributed by atoms with Gasteiger partial charge < -0.3 is 14.9 Å². The summed E-state index contributed by atoms with van der Waals surface area (Å²) in [4.78, 5) is 11.5. The monoisotopic (exact) mass is 212 g/mol. The largest absolute Gasteiger partial charge is 0.393 e. The number of aromatic nitrogens is 1. The third kappa shape index (κ3) is 3.71. The van der Waals surface area contributed by atoms with Crippen molar-refractivity contribution in [2.24, 2.45) is 0 Å². The number of nitrogens with one attached hydrogen (secondary N) is 1. The molecule has 5 heteroatoms. The molecule has 0 fully saturated rings. The smallest absolute Gasteiger partial charge is 0.290 e. The van der Waals surface area contributed by atoms with Crippen molar-refractivity contribution in [2.75, 3.05) is 6.54 Å². The fourth-order valence-electron chi connectivity index (χ4n) is 1.19. The zero-order chi connectivity index (χ0) is 11.3. The predicted octanol–water partition coefficient (Wildman–Crippen LogP) is 0.874. The Labute approximate surface area is 88.5 Å². The number of aliphatic hydroxyl groups is 1. The molecule has 1 atom stereocenters. The van der Waals surface area contributed by atoms with Crippen LogP contribution in [0.15, 0.2) is 10.7 Å². The van der Waals surface area contributed by atoms with Crippen LogP contribution in [0.2, 0.25) is 0 Å². The van der Waals surface area contributed by atoms with Gasteiger partial charge in [0.1, 0.15) is 0 Å².